The maximum atomic E-state index is 3.63. The molecule has 3 unspecified atom stereocenters. The third-order valence-electron chi connectivity index (χ3n) is 3.35. The highest BCUT2D eigenvalue weighted by atomic mass is 32.2. The summed E-state index contributed by atoms with van der Waals surface area (Å²) in [5.41, 5.74) is 0. The lowest BCUT2D eigenvalue weighted by Gasteiger charge is -2.38. The standard InChI is InChI=1S/C12H24N2S/c1-9(6-13-12-4-5-12)14-7-10(2)15-11(3)8-14/h9-13H,4-8H2,1-3H3. The van der Waals surface area contributed by atoms with Crippen LogP contribution < -0.4 is 5.32 Å². The van der Waals surface area contributed by atoms with E-state index >= 15 is 0 Å². The van der Waals surface area contributed by atoms with Crippen LogP contribution in [0.1, 0.15) is 33.6 Å². The second-order valence-corrected chi connectivity index (χ2v) is 7.12. The van der Waals surface area contributed by atoms with Gasteiger partial charge in [-0.1, -0.05) is 13.8 Å². The van der Waals surface area contributed by atoms with Crippen molar-refractivity contribution in [3.8, 4) is 0 Å². The monoisotopic (exact) mass is 228 g/mol. The van der Waals surface area contributed by atoms with Crippen LogP contribution in [0.4, 0.5) is 0 Å². The number of hydrogen-bond acceptors (Lipinski definition) is 3. The zero-order chi connectivity index (χ0) is 10.8. The Bertz CT molecular complexity index is 196. The van der Waals surface area contributed by atoms with Crippen molar-refractivity contribution >= 4 is 11.8 Å². The molecule has 0 bridgehead atoms. The van der Waals surface area contributed by atoms with Crippen molar-refractivity contribution < 1.29 is 0 Å². The molecule has 3 heteroatoms. The van der Waals surface area contributed by atoms with Gasteiger partial charge in [0, 0.05) is 42.2 Å². The van der Waals surface area contributed by atoms with Crippen molar-refractivity contribution in [1.29, 1.82) is 0 Å². The summed E-state index contributed by atoms with van der Waals surface area (Å²) < 4.78 is 0. The molecule has 0 aromatic rings. The fourth-order valence-corrected chi connectivity index (χ4v) is 3.68. The maximum Gasteiger partial charge on any atom is 0.0193 e. The highest BCUT2D eigenvalue weighted by Gasteiger charge is 2.27. The molecule has 2 rings (SSSR count). The van der Waals surface area contributed by atoms with Crippen molar-refractivity contribution in [3.63, 3.8) is 0 Å². The van der Waals surface area contributed by atoms with E-state index in [1.165, 1.54) is 32.5 Å². The molecule has 3 atom stereocenters. The fourth-order valence-electron chi connectivity index (χ4n) is 2.33. The summed E-state index contributed by atoms with van der Waals surface area (Å²) in [6.45, 7) is 10.8. The molecule has 88 valence electrons. The van der Waals surface area contributed by atoms with Gasteiger partial charge in [-0.25, -0.2) is 0 Å². The summed E-state index contributed by atoms with van der Waals surface area (Å²) >= 11 is 2.14. The molecule has 0 amide bonds. The number of nitrogens with zero attached hydrogens (tertiary/aromatic N) is 1. The van der Waals surface area contributed by atoms with Gasteiger partial charge < -0.3 is 5.32 Å². The van der Waals surface area contributed by atoms with Crippen LogP contribution >= 0.6 is 11.8 Å². The van der Waals surface area contributed by atoms with Crippen LogP contribution in [0.2, 0.25) is 0 Å². The molecule has 0 aromatic heterocycles. The van der Waals surface area contributed by atoms with Gasteiger partial charge in [0.25, 0.3) is 0 Å². The van der Waals surface area contributed by atoms with Crippen LogP contribution in [-0.2, 0) is 0 Å². The van der Waals surface area contributed by atoms with Crippen molar-refractivity contribution in [3.05, 3.63) is 0 Å². The smallest absolute Gasteiger partial charge is 0.0193 e. The lowest BCUT2D eigenvalue weighted by atomic mass is 10.2. The molecule has 15 heavy (non-hydrogen) atoms. The Morgan fingerprint density at radius 1 is 1.27 bits per heavy atom. The maximum absolute atomic E-state index is 3.63. The predicted octanol–water partition coefficient (Wildman–Crippen LogP) is 1.95. The van der Waals surface area contributed by atoms with Crippen LogP contribution in [0.25, 0.3) is 0 Å². The van der Waals surface area contributed by atoms with Gasteiger partial charge in [0.1, 0.15) is 0 Å². The van der Waals surface area contributed by atoms with E-state index in [0.29, 0.717) is 6.04 Å². The van der Waals surface area contributed by atoms with Gasteiger partial charge in [-0.2, -0.15) is 11.8 Å². The van der Waals surface area contributed by atoms with E-state index in [1.807, 2.05) is 0 Å². The number of hydrogen-bond donors (Lipinski definition) is 1. The fraction of sp³-hybridized carbons (Fsp3) is 1.00. The second kappa shape index (κ2) is 5.07. The predicted molar refractivity (Wildman–Crippen MR) is 68.6 cm³/mol. The van der Waals surface area contributed by atoms with E-state index in [1.54, 1.807) is 0 Å². The minimum absolute atomic E-state index is 0.705. The summed E-state index contributed by atoms with van der Waals surface area (Å²) in [6, 6.07) is 1.55. The molecule has 1 aliphatic heterocycles. The molecule has 2 fully saturated rings. The van der Waals surface area contributed by atoms with Crippen LogP contribution in [0.15, 0.2) is 0 Å². The van der Waals surface area contributed by atoms with E-state index in [0.717, 1.165) is 16.5 Å². The minimum atomic E-state index is 0.705. The first-order valence-electron chi connectivity index (χ1n) is 6.28. The lowest BCUT2D eigenvalue weighted by Crippen LogP contribution is -2.48. The molecule has 0 spiro atoms. The summed E-state index contributed by atoms with van der Waals surface area (Å²) in [7, 11) is 0. The Morgan fingerprint density at radius 2 is 1.87 bits per heavy atom. The van der Waals surface area contributed by atoms with Crippen molar-refractivity contribution in [2.24, 2.45) is 0 Å². The number of thioether (sulfide) groups is 1. The second-order valence-electron chi connectivity index (χ2n) is 5.24. The van der Waals surface area contributed by atoms with Crippen LogP contribution in [0.5, 0.6) is 0 Å². The summed E-state index contributed by atoms with van der Waals surface area (Å²) in [6.07, 6.45) is 2.80. The SMILES string of the molecule is CC1CN(C(C)CNC2CC2)CC(C)S1. The molecule has 2 aliphatic rings. The third-order valence-corrected chi connectivity index (χ3v) is 4.58. The summed E-state index contributed by atoms with van der Waals surface area (Å²) in [5.74, 6) is 0. The first-order chi connectivity index (χ1) is 7.15. The van der Waals surface area contributed by atoms with Crippen LogP contribution in [0, 0.1) is 0 Å². The highest BCUT2D eigenvalue weighted by molar-refractivity contribution is 8.00. The molecule has 1 saturated heterocycles. The van der Waals surface area contributed by atoms with E-state index < -0.39 is 0 Å². The molecular formula is C12H24N2S. The van der Waals surface area contributed by atoms with Gasteiger partial charge in [-0.15, -0.1) is 0 Å². The van der Waals surface area contributed by atoms with Gasteiger partial charge in [0.2, 0.25) is 0 Å². The first kappa shape index (κ1) is 11.7. The van der Waals surface area contributed by atoms with Crippen molar-refractivity contribution in [2.75, 3.05) is 19.6 Å². The lowest BCUT2D eigenvalue weighted by molar-refractivity contribution is 0.202. The highest BCUT2D eigenvalue weighted by Crippen LogP contribution is 2.26. The molecular weight excluding hydrogens is 204 g/mol. The number of rotatable bonds is 4. The Labute approximate surface area is 98.2 Å². The van der Waals surface area contributed by atoms with Crippen molar-refractivity contribution in [2.45, 2.75) is 56.2 Å². The zero-order valence-electron chi connectivity index (χ0n) is 10.2. The molecule has 0 aromatic carbocycles. The van der Waals surface area contributed by atoms with E-state index in [4.69, 9.17) is 0 Å². The zero-order valence-corrected chi connectivity index (χ0v) is 11.0. The Hall–Kier alpha value is 0.270. The topological polar surface area (TPSA) is 15.3 Å². The van der Waals surface area contributed by atoms with Gasteiger partial charge in [0.15, 0.2) is 0 Å². The molecule has 1 N–H and O–H groups in total. The number of nitrogens with one attached hydrogen (secondary N) is 1. The van der Waals surface area contributed by atoms with Gasteiger partial charge in [-0.3, -0.25) is 4.90 Å². The van der Waals surface area contributed by atoms with Gasteiger partial charge in [-0.05, 0) is 19.8 Å². The molecule has 1 aliphatic carbocycles. The van der Waals surface area contributed by atoms with Gasteiger partial charge >= 0.3 is 0 Å². The average Bonchev–Trinajstić information content (AvgIpc) is 2.96. The van der Waals surface area contributed by atoms with E-state index in [2.05, 4.69) is 42.7 Å². The van der Waals surface area contributed by atoms with Crippen LogP contribution in [-0.4, -0.2) is 47.1 Å². The van der Waals surface area contributed by atoms with Gasteiger partial charge in [0.05, 0.1) is 0 Å². The third kappa shape index (κ3) is 3.65. The average molecular weight is 228 g/mol. The molecule has 1 saturated carbocycles. The molecule has 1 heterocycles. The quantitative estimate of drug-likeness (QED) is 0.792. The van der Waals surface area contributed by atoms with Crippen LogP contribution in [0.3, 0.4) is 0 Å². The van der Waals surface area contributed by atoms with E-state index in [-0.39, 0.29) is 0 Å². The Morgan fingerprint density at radius 3 is 2.40 bits per heavy atom. The summed E-state index contributed by atoms with van der Waals surface area (Å²) in [4.78, 5) is 2.65. The van der Waals surface area contributed by atoms with E-state index in [9.17, 15) is 0 Å². The minimum Gasteiger partial charge on any atom is -0.312 e. The molecule has 0 radical (unpaired) electrons. The summed E-state index contributed by atoms with van der Waals surface area (Å²) in [5, 5.41) is 5.24. The Balaban J connectivity index is 1.74. The normalized spacial score (nSPS) is 35.4. The first-order valence-corrected chi connectivity index (χ1v) is 7.22. The van der Waals surface area contributed by atoms with Crippen molar-refractivity contribution in [1.82, 2.24) is 10.2 Å². The Kier molecular flexibility index (Phi) is 3.97. The molecule has 2 nitrogen and oxygen atoms in total. The largest absolute Gasteiger partial charge is 0.312 e.